The molecular weight excluding hydrogens is 519 g/mol. The minimum absolute atomic E-state index is 0.0456. The summed E-state index contributed by atoms with van der Waals surface area (Å²) < 4.78 is 9.70. The zero-order valence-corrected chi connectivity index (χ0v) is 21.4. The summed E-state index contributed by atoms with van der Waals surface area (Å²) in [5.41, 5.74) is -0.614. The summed E-state index contributed by atoms with van der Waals surface area (Å²) in [6, 6.07) is 3.32. The highest BCUT2D eigenvalue weighted by Gasteiger charge is 2.21. The molecule has 0 atom stereocenters. The number of hydrogen-bond acceptors (Lipinski definition) is 7. The highest BCUT2D eigenvalue weighted by Crippen LogP contribution is 2.38. The van der Waals surface area contributed by atoms with Gasteiger partial charge in [-0.25, -0.2) is 14.6 Å². The van der Waals surface area contributed by atoms with Crippen LogP contribution in [-0.4, -0.2) is 35.8 Å². The van der Waals surface area contributed by atoms with Crippen LogP contribution < -0.4 is 27.0 Å². The molecule has 0 aliphatic heterocycles. The van der Waals surface area contributed by atoms with E-state index in [0.717, 1.165) is 13.7 Å². The van der Waals surface area contributed by atoms with Gasteiger partial charge in [-0.3, -0.25) is 27.9 Å². The second-order valence-electron chi connectivity index (χ2n) is 7.59. The number of rotatable bonds is 6. The smallest absolute Gasteiger partial charge is 0.332 e. The third-order valence-corrected chi connectivity index (χ3v) is 6.67. The molecule has 0 aliphatic rings. The predicted molar refractivity (Wildman–Crippen MR) is 135 cm³/mol. The number of nitrogens with zero attached hydrogens (tertiary/aromatic N) is 5. The molecule has 1 N–H and O–H groups in total. The number of ether oxygens (including phenoxy) is 1. The van der Waals surface area contributed by atoms with Gasteiger partial charge in [0.2, 0.25) is 5.91 Å². The van der Waals surface area contributed by atoms with Crippen LogP contribution in [0, 0.1) is 0 Å². The zero-order chi connectivity index (χ0) is 25.6. The molecule has 4 aromatic rings. The van der Waals surface area contributed by atoms with E-state index in [4.69, 9.17) is 27.9 Å². The van der Waals surface area contributed by atoms with E-state index in [1.165, 1.54) is 37.0 Å². The summed E-state index contributed by atoms with van der Waals surface area (Å²) in [6.45, 7) is 1.79. The molecule has 35 heavy (non-hydrogen) atoms. The van der Waals surface area contributed by atoms with E-state index >= 15 is 0 Å². The number of aromatic nitrogens is 5. The molecule has 3 heterocycles. The first-order chi connectivity index (χ1) is 16.5. The Morgan fingerprint density at radius 3 is 2.31 bits per heavy atom. The van der Waals surface area contributed by atoms with Crippen molar-refractivity contribution in [2.75, 3.05) is 11.9 Å². The number of nitrogens with one attached hydrogen (secondary N) is 1. The standard InChI is InChI=1S/C21H20Cl2N6O5S/c1-5-34-16-11(22)6-10(7-12(16)23)13-9-35-19(24-13)25-14(30)8-29-15-17(27(3)21(29)33)26(2)20(32)28(4)18(15)31/h6-7,9H,5,8H2,1-4H3,(H,24,25,30). The summed E-state index contributed by atoms with van der Waals surface area (Å²) >= 11 is 13.7. The lowest BCUT2D eigenvalue weighted by molar-refractivity contribution is -0.116. The largest absolute Gasteiger partial charge is 0.491 e. The molecule has 0 radical (unpaired) electrons. The summed E-state index contributed by atoms with van der Waals surface area (Å²) in [6.07, 6.45) is 0. The average Bonchev–Trinajstić information content (AvgIpc) is 3.37. The van der Waals surface area contributed by atoms with E-state index in [1.54, 1.807) is 17.5 Å². The van der Waals surface area contributed by atoms with Gasteiger partial charge in [0.1, 0.15) is 6.54 Å². The topological polar surface area (TPSA) is 122 Å². The Labute approximate surface area is 211 Å². The van der Waals surface area contributed by atoms with Crippen molar-refractivity contribution in [3.8, 4) is 17.0 Å². The lowest BCUT2D eigenvalue weighted by Gasteiger charge is -2.09. The molecule has 0 saturated carbocycles. The van der Waals surface area contributed by atoms with Gasteiger partial charge >= 0.3 is 11.4 Å². The number of anilines is 1. The highest BCUT2D eigenvalue weighted by atomic mass is 35.5. The lowest BCUT2D eigenvalue weighted by atomic mass is 10.1. The van der Waals surface area contributed by atoms with Crippen LogP contribution in [0.1, 0.15) is 6.92 Å². The van der Waals surface area contributed by atoms with Crippen LogP contribution in [0.4, 0.5) is 5.13 Å². The van der Waals surface area contributed by atoms with Gasteiger partial charge in [0.15, 0.2) is 22.0 Å². The second-order valence-corrected chi connectivity index (χ2v) is 9.27. The van der Waals surface area contributed by atoms with E-state index in [9.17, 15) is 19.2 Å². The Morgan fingerprint density at radius 1 is 1.06 bits per heavy atom. The zero-order valence-electron chi connectivity index (χ0n) is 19.1. The summed E-state index contributed by atoms with van der Waals surface area (Å²) in [4.78, 5) is 54.9. The number of benzene rings is 1. The Morgan fingerprint density at radius 2 is 1.69 bits per heavy atom. The van der Waals surface area contributed by atoms with Crippen LogP contribution in [0.5, 0.6) is 5.75 Å². The average molecular weight is 539 g/mol. The van der Waals surface area contributed by atoms with Crippen molar-refractivity contribution in [3.05, 3.63) is 58.9 Å². The number of carbonyl (C=O) groups excluding carboxylic acids is 1. The van der Waals surface area contributed by atoms with Crippen LogP contribution in [0.2, 0.25) is 10.0 Å². The van der Waals surface area contributed by atoms with Gasteiger partial charge in [-0.2, -0.15) is 0 Å². The van der Waals surface area contributed by atoms with E-state index in [2.05, 4.69) is 10.3 Å². The monoisotopic (exact) mass is 538 g/mol. The fraction of sp³-hybridized carbons (Fsp3) is 0.286. The van der Waals surface area contributed by atoms with Gasteiger partial charge in [0.05, 0.1) is 22.3 Å². The van der Waals surface area contributed by atoms with Crippen LogP contribution in [0.15, 0.2) is 31.9 Å². The van der Waals surface area contributed by atoms with Crippen molar-refractivity contribution in [2.24, 2.45) is 21.1 Å². The maximum Gasteiger partial charge on any atom is 0.332 e. The number of amides is 1. The molecule has 1 aromatic carbocycles. The number of aryl methyl sites for hydroxylation is 2. The van der Waals surface area contributed by atoms with Gasteiger partial charge in [-0.05, 0) is 19.1 Å². The van der Waals surface area contributed by atoms with Crippen LogP contribution in [-0.2, 0) is 32.5 Å². The van der Waals surface area contributed by atoms with Gasteiger partial charge in [-0.1, -0.05) is 23.2 Å². The maximum atomic E-state index is 12.8. The molecule has 0 saturated heterocycles. The third-order valence-electron chi connectivity index (χ3n) is 5.35. The van der Waals surface area contributed by atoms with E-state index in [0.29, 0.717) is 33.7 Å². The number of halogens is 2. The molecule has 14 heteroatoms. The van der Waals surface area contributed by atoms with Crippen molar-refractivity contribution >= 4 is 56.7 Å². The fourth-order valence-electron chi connectivity index (χ4n) is 3.71. The number of imidazole rings is 1. The molecule has 1 amide bonds. The highest BCUT2D eigenvalue weighted by molar-refractivity contribution is 7.14. The first-order valence-corrected chi connectivity index (χ1v) is 11.9. The molecule has 0 aliphatic carbocycles. The third kappa shape index (κ3) is 4.28. The van der Waals surface area contributed by atoms with Crippen LogP contribution in [0.3, 0.4) is 0 Å². The van der Waals surface area contributed by atoms with E-state index < -0.39 is 29.4 Å². The van der Waals surface area contributed by atoms with Crippen molar-refractivity contribution in [1.82, 2.24) is 23.3 Å². The molecule has 0 bridgehead atoms. The Kier molecular flexibility index (Phi) is 6.62. The molecule has 3 aromatic heterocycles. The Hall–Kier alpha value is -3.35. The van der Waals surface area contributed by atoms with Gasteiger partial charge < -0.3 is 10.1 Å². The SMILES string of the molecule is CCOc1c(Cl)cc(-c2csc(NC(=O)Cn3c(=O)n(C)c4c3c(=O)n(C)c(=O)n4C)n2)cc1Cl. The number of thiazole rings is 1. The molecule has 0 fully saturated rings. The molecule has 184 valence electrons. The maximum absolute atomic E-state index is 12.8. The molecule has 11 nitrogen and oxygen atoms in total. The van der Waals surface area contributed by atoms with Gasteiger partial charge in [0.25, 0.3) is 5.56 Å². The van der Waals surface area contributed by atoms with Crippen molar-refractivity contribution in [2.45, 2.75) is 13.5 Å². The predicted octanol–water partition coefficient (Wildman–Crippen LogP) is 2.21. The van der Waals surface area contributed by atoms with Gasteiger partial charge in [0, 0.05) is 32.1 Å². The van der Waals surface area contributed by atoms with Crippen molar-refractivity contribution < 1.29 is 9.53 Å². The van der Waals surface area contributed by atoms with Gasteiger partial charge in [-0.15, -0.1) is 11.3 Å². The number of fused-ring (bicyclic) bond motifs is 1. The Balaban J connectivity index is 1.62. The van der Waals surface area contributed by atoms with Crippen LogP contribution in [0.25, 0.3) is 22.4 Å². The normalized spacial score (nSPS) is 11.3. The van der Waals surface area contributed by atoms with Crippen molar-refractivity contribution in [1.29, 1.82) is 0 Å². The first kappa shape index (κ1) is 24.8. The number of carbonyl (C=O) groups is 1. The molecule has 0 spiro atoms. The molecular formula is C21H20Cl2N6O5S. The van der Waals surface area contributed by atoms with E-state index in [-0.39, 0.29) is 16.3 Å². The fourth-order valence-corrected chi connectivity index (χ4v) is 5.04. The lowest BCUT2D eigenvalue weighted by Crippen LogP contribution is -2.38. The molecule has 0 unspecified atom stereocenters. The van der Waals surface area contributed by atoms with Crippen LogP contribution >= 0.6 is 34.5 Å². The minimum Gasteiger partial charge on any atom is -0.491 e. The second kappa shape index (κ2) is 9.36. The quantitative estimate of drug-likeness (QED) is 0.401. The van der Waals surface area contributed by atoms with Crippen molar-refractivity contribution in [3.63, 3.8) is 0 Å². The first-order valence-electron chi connectivity index (χ1n) is 10.3. The minimum atomic E-state index is -0.672. The summed E-state index contributed by atoms with van der Waals surface area (Å²) in [5.74, 6) is -0.188. The summed E-state index contributed by atoms with van der Waals surface area (Å²) in [5, 5.41) is 5.29. The molecule has 4 rings (SSSR count). The van der Waals surface area contributed by atoms with E-state index in [1.807, 2.05) is 6.92 Å². The summed E-state index contributed by atoms with van der Waals surface area (Å²) in [7, 11) is 4.19. The number of hydrogen-bond donors (Lipinski definition) is 1. The Bertz CT molecular complexity index is 1640.